The van der Waals surface area contributed by atoms with Gasteiger partial charge in [0.25, 0.3) is 0 Å². The molecular formula is C16H21NO3. The molecule has 2 unspecified atom stereocenters. The van der Waals surface area contributed by atoms with Gasteiger partial charge in [0.05, 0.1) is 0 Å². The minimum Gasteiger partial charge on any atom is -0.445 e. The number of hydrogen-bond donors (Lipinski definition) is 2. The van der Waals surface area contributed by atoms with E-state index in [0.717, 1.165) is 24.8 Å². The fourth-order valence-electron chi connectivity index (χ4n) is 3.79. The average Bonchev–Trinajstić information content (AvgIpc) is 3.05. The zero-order valence-corrected chi connectivity index (χ0v) is 11.5. The van der Waals surface area contributed by atoms with E-state index in [0.29, 0.717) is 24.4 Å². The van der Waals surface area contributed by atoms with Crippen molar-refractivity contribution in [2.24, 2.45) is 17.8 Å². The Morgan fingerprint density at radius 3 is 2.75 bits per heavy atom. The third-order valence-electron chi connectivity index (χ3n) is 4.70. The van der Waals surface area contributed by atoms with Crippen molar-refractivity contribution in [1.29, 1.82) is 0 Å². The molecule has 4 nitrogen and oxygen atoms in total. The van der Waals surface area contributed by atoms with E-state index in [1.807, 2.05) is 30.3 Å². The van der Waals surface area contributed by atoms with Gasteiger partial charge in [-0.1, -0.05) is 30.3 Å². The van der Waals surface area contributed by atoms with E-state index in [-0.39, 0.29) is 18.7 Å². The highest BCUT2D eigenvalue weighted by molar-refractivity contribution is 5.67. The number of benzene rings is 1. The lowest BCUT2D eigenvalue weighted by atomic mass is 9.86. The summed E-state index contributed by atoms with van der Waals surface area (Å²) < 4.78 is 5.25. The largest absolute Gasteiger partial charge is 0.445 e. The topological polar surface area (TPSA) is 58.6 Å². The zero-order chi connectivity index (χ0) is 13.9. The van der Waals surface area contributed by atoms with Crippen molar-refractivity contribution in [1.82, 2.24) is 5.32 Å². The molecule has 4 atom stereocenters. The number of hydrogen-bond acceptors (Lipinski definition) is 3. The molecule has 2 bridgehead atoms. The molecule has 0 aliphatic heterocycles. The zero-order valence-electron chi connectivity index (χ0n) is 11.5. The van der Waals surface area contributed by atoms with E-state index in [1.165, 1.54) is 0 Å². The molecule has 0 spiro atoms. The highest BCUT2D eigenvalue weighted by Crippen LogP contribution is 2.48. The first kappa shape index (κ1) is 13.4. The number of nitrogens with one attached hydrogen (secondary N) is 1. The van der Waals surface area contributed by atoms with Gasteiger partial charge in [-0.25, -0.2) is 4.79 Å². The van der Waals surface area contributed by atoms with Crippen LogP contribution in [0.4, 0.5) is 4.79 Å². The van der Waals surface area contributed by atoms with E-state index in [4.69, 9.17) is 4.74 Å². The van der Waals surface area contributed by atoms with Gasteiger partial charge < -0.3 is 15.2 Å². The maximum Gasteiger partial charge on any atom is 0.407 e. The second-order valence-electron chi connectivity index (χ2n) is 5.99. The molecule has 2 aliphatic carbocycles. The quantitative estimate of drug-likeness (QED) is 0.886. The number of fused-ring (bicyclic) bond motifs is 2. The average molecular weight is 275 g/mol. The van der Waals surface area contributed by atoms with Gasteiger partial charge in [0, 0.05) is 12.6 Å². The van der Waals surface area contributed by atoms with Crippen molar-refractivity contribution in [3.05, 3.63) is 35.9 Å². The molecule has 0 aromatic heterocycles. The number of carbonyl (C=O) groups is 1. The number of carbonyl (C=O) groups excluding carboxylic acids is 1. The standard InChI is InChI=1S/C16H21NO3/c18-9-13-6-12-7-14(13)15(8-12)17-16(19)20-10-11-4-2-1-3-5-11/h1-5,12-15,18H,6-10H2,(H,17,19)/t12?,13-,14?,15+/m0/s1. The molecule has 3 rings (SSSR count). The summed E-state index contributed by atoms with van der Waals surface area (Å²) in [5, 5.41) is 12.3. The Morgan fingerprint density at radius 2 is 2.05 bits per heavy atom. The van der Waals surface area contributed by atoms with Gasteiger partial charge in [0.15, 0.2) is 0 Å². The molecule has 1 aromatic carbocycles. The van der Waals surface area contributed by atoms with E-state index >= 15 is 0 Å². The minimum absolute atomic E-state index is 0.175. The molecular weight excluding hydrogens is 254 g/mol. The molecule has 1 amide bonds. The van der Waals surface area contributed by atoms with Gasteiger partial charge in [0.2, 0.25) is 0 Å². The van der Waals surface area contributed by atoms with E-state index in [2.05, 4.69) is 5.32 Å². The van der Waals surface area contributed by atoms with Crippen LogP contribution in [0.1, 0.15) is 24.8 Å². The Balaban J connectivity index is 1.48. The molecule has 0 heterocycles. The number of amides is 1. The summed E-state index contributed by atoms with van der Waals surface area (Å²) >= 11 is 0. The molecule has 0 saturated heterocycles. The van der Waals surface area contributed by atoms with Crippen LogP contribution in [-0.2, 0) is 11.3 Å². The summed E-state index contributed by atoms with van der Waals surface area (Å²) in [4.78, 5) is 11.8. The number of alkyl carbamates (subject to hydrolysis) is 1. The molecule has 108 valence electrons. The van der Waals surface area contributed by atoms with Crippen LogP contribution in [0.2, 0.25) is 0 Å². The lowest BCUT2D eigenvalue weighted by molar-refractivity contribution is 0.118. The van der Waals surface area contributed by atoms with Crippen LogP contribution in [0.5, 0.6) is 0 Å². The number of ether oxygens (including phenoxy) is 1. The smallest absolute Gasteiger partial charge is 0.407 e. The lowest BCUT2D eigenvalue weighted by Gasteiger charge is -2.28. The van der Waals surface area contributed by atoms with Crippen molar-refractivity contribution >= 4 is 6.09 Å². The molecule has 2 saturated carbocycles. The first-order valence-electron chi connectivity index (χ1n) is 7.34. The van der Waals surface area contributed by atoms with Crippen LogP contribution in [0.3, 0.4) is 0 Å². The molecule has 2 N–H and O–H groups in total. The van der Waals surface area contributed by atoms with Gasteiger partial charge in [-0.05, 0) is 42.6 Å². The fourth-order valence-corrected chi connectivity index (χ4v) is 3.79. The van der Waals surface area contributed by atoms with Crippen molar-refractivity contribution in [3.63, 3.8) is 0 Å². The monoisotopic (exact) mass is 275 g/mol. The Bertz CT molecular complexity index is 462. The summed E-state index contributed by atoms with van der Waals surface area (Å²) in [6.07, 6.45) is 2.93. The van der Waals surface area contributed by atoms with Crippen LogP contribution in [0, 0.1) is 17.8 Å². The molecule has 20 heavy (non-hydrogen) atoms. The van der Waals surface area contributed by atoms with Crippen molar-refractivity contribution < 1.29 is 14.6 Å². The Kier molecular flexibility index (Phi) is 3.92. The highest BCUT2D eigenvalue weighted by atomic mass is 16.5. The molecule has 2 aliphatic rings. The van der Waals surface area contributed by atoms with Crippen LogP contribution in [0.25, 0.3) is 0 Å². The van der Waals surface area contributed by atoms with Crippen LogP contribution in [-0.4, -0.2) is 23.8 Å². The molecule has 1 aromatic rings. The van der Waals surface area contributed by atoms with Crippen LogP contribution >= 0.6 is 0 Å². The van der Waals surface area contributed by atoms with Crippen molar-refractivity contribution in [2.75, 3.05) is 6.61 Å². The minimum atomic E-state index is -0.344. The fraction of sp³-hybridized carbons (Fsp3) is 0.562. The Labute approximate surface area is 119 Å². The van der Waals surface area contributed by atoms with Gasteiger partial charge in [-0.15, -0.1) is 0 Å². The summed E-state index contributed by atoms with van der Waals surface area (Å²) in [5.74, 6) is 1.44. The van der Waals surface area contributed by atoms with E-state index in [9.17, 15) is 9.90 Å². The second-order valence-corrected chi connectivity index (χ2v) is 5.99. The number of aliphatic hydroxyl groups is 1. The highest BCUT2D eigenvalue weighted by Gasteiger charge is 2.46. The molecule has 0 radical (unpaired) electrons. The normalized spacial score (nSPS) is 31.2. The van der Waals surface area contributed by atoms with Crippen molar-refractivity contribution in [3.8, 4) is 0 Å². The van der Waals surface area contributed by atoms with Gasteiger partial charge >= 0.3 is 6.09 Å². The maximum absolute atomic E-state index is 11.8. The number of aliphatic hydroxyl groups excluding tert-OH is 1. The third kappa shape index (κ3) is 2.80. The molecule has 2 fully saturated rings. The van der Waals surface area contributed by atoms with Crippen molar-refractivity contribution in [2.45, 2.75) is 31.9 Å². The van der Waals surface area contributed by atoms with Gasteiger partial charge in [0.1, 0.15) is 6.61 Å². The van der Waals surface area contributed by atoms with Gasteiger partial charge in [-0.2, -0.15) is 0 Å². The van der Waals surface area contributed by atoms with E-state index < -0.39 is 0 Å². The predicted octanol–water partition coefficient (Wildman–Crippen LogP) is 2.32. The maximum atomic E-state index is 11.8. The SMILES string of the molecule is O=C(N[C@@H]1CC2CC1[C@H](CO)C2)OCc1ccccc1. The first-order valence-corrected chi connectivity index (χ1v) is 7.34. The first-order chi connectivity index (χ1) is 9.76. The second kappa shape index (κ2) is 5.83. The third-order valence-corrected chi connectivity index (χ3v) is 4.70. The number of rotatable bonds is 4. The Hall–Kier alpha value is -1.55. The predicted molar refractivity (Wildman–Crippen MR) is 75.0 cm³/mol. The summed E-state index contributed by atoms with van der Waals surface area (Å²) in [6, 6.07) is 9.85. The summed E-state index contributed by atoms with van der Waals surface area (Å²) in [7, 11) is 0. The Morgan fingerprint density at radius 1 is 1.25 bits per heavy atom. The lowest BCUT2D eigenvalue weighted by Crippen LogP contribution is -2.42. The summed E-state index contributed by atoms with van der Waals surface area (Å²) in [6.45, 7) is 0.537. The van der Waals surface area contributed by atoms with Crippen LogP contribution in [0.15, 0.2) is 30.3 Å². The van der Waals surface area contributed by atoms with Gasteiger partial charge in [-0.3, -0.25) is 0 Å². The summed E-state index contributed by atoms with van der Waals surface area (Å²) in [5.41, 5.74) is 0.990. The van der Waals surface area contributed by atoms with Crippen LogP contribution < -0.4 is 5.32 Å². The molecule has 4 heteroatoms. The van der Waals surface area contributed by atoms with E-state index in [1.54, 1.807) is 0 Å².